The van der Waals surface area contributed by atoms with Gasteiger partial charge < -0.3 is 9.15 Å². The Morgan fingerprint density at radius 3 is 2.71 bits per heavy atom. The third-order valence-corrected chi connectivity index (χ3v) is 5.50. The van der Waals surface area contributed by atoms with E-state index in [0.717, 1.165) is 39.0 Å². The smallest absolute Gasteiger partial charge is 0.269 e. The molecule has 0 aliphatic heterocycles. The van der Waals surface area contributed by atoms with Gasteiger partial charge in [-0.05, 0) is 58.3 Å². The molecular formula is C26H18N6O2. The zero-order chi connectivity index (χ0) is 22.9. The largest absolute Gasteiger partial charge is 0.487 e. The lowest BCUT2D eigenvalue weighted by Gasteiger charge is -2.10. The summed E-state index contributed by atoms with van der Waals surface area (Å²) >= 11 is 0. The molecule has 0 fully saturated rings. The molecule has 6 rings (SSSR count). The number of nitrogens with one attached hydrogen (secondary N) is 1. The van der Waals surface area contributed by atoms with Crippen LogP contribution in [0.15, 0.2) is 89.9 Å². The summed E-state index contributed by atoms with van der Waals surface area (Å²) in [5, 5.41) is 14.9. The summed E-state index contributed by atoms with van der Waals surface area (Å²) in [5.41, 5.74) is 5.85. The van der Waals surface area contributed by atoms with Gasteiger partial charge in [0.2, 0.25) is 0 Å². The number of hydrogen-bond acceptors (Lipinski definition) is 7. The first kappa shape index (κ1) is 19.8. The van der Waals surface area contributed by atoms with E-state index in [2.05, 4.69) is 43.2 Å². The van der Waals surface area contributed by atoms with Crippen LogP contribution in [0, 0.1) is 0 Å². The normalized spacial score (nSPS) is 11.2. The van der Waals surface area contributed by atoms with Crippen molar-refractivity contribution >= 4 is 27.6 Å². The molecule has 1 N–H and O–H groups in total. The van der Waals surface area contributed by atoms with Gasteiger partial charge in [-0.1, -0.05) is 49.0 Å². The number of tetrazole rings is 1. The van der Waals surface area contributed by atoms with Gasteiger partial charge in [-0.15, -0.1) is 10.2 Å². The highest BCUT2D eigenvalue weighted by atomic mass is 16.5. The van der Waals surface area contributed by atoms with E-state index in [4.69, 9.17) is 9.15 Å². The van der Waals surface area contributed by atoms with E-state index in [1.54, 1.807) is 0 Å². The summed E-state index contributed by atoms with van der Waals surface area (Å²) in [7, 11) is 0. The van der Waals surface area contributed by atoms with Crippen LogP contribution in [-0.2, 0) is 6.61 Å². The Bertz CT molecular complexity index is 1640. The Hall–Kier alpha value is -4.85. The van der Waals surface area contributed by atoms with Crippen molar-refractivity contribution in [3.8, 4) is 17.5 Å². The van der Waals surface area contributed by atoms with Crippen molar-refractivity contribution in [2.45, 2.75) is 6.61 Å². The van der Waals surface area contributed by atoms with E-state index in [-0.39, 0.29) is 0 Å². The minimum Gasteiger partial charge on any atom is -0.487 e. The average molecular weight is 446 g/mol. The van der Waals surface area contributed by atoms with Crippen molar-refractivity contribution in [1.29, 1.82) is 0 Å². The molecule has 0 bridgehead atoms. The molecule has 8 nitrogen and oxygen atoms in total. The van der Waals surface area contributed by atoms with E-state index in [1.165, 1.54) is 0 Å². The van der Waals surface area contributed by atoms with Gasteiger partial charge >= 0.3 is 0 Å². The Morgan fingerprint density at radius 1 is 0.882 bits per heavy atom. The second-order valence-corrected chi connectivity index (χ2v) is 7.73. The number of aromatic nitrogens is 6. The van der Waals surface area contributed by atoms with Crippen LogP contribution < -0.4 is 4.74 Å². The molecule has 0 radical (unpaired) electrons. The minimum atomic E-state index is 0.308. The fraction of sp³-hybridized carbons (Fsp3) is 0.0385. The molecule has 0 saturated heterocycles. The van der Waals surface area contributed by atoms with Crippen LogP contribution in [0.5, 0.6) is 5.75 Å². The predicted octanol–water partition coefficient (Wildman–Crippen LogP) is 5.20. The van der Waals surface area contributed by atoms with Crippen LogP contribution in [0.25, 0.3) is 39.3 Å². The molecule has 0 atom stereocenters. The molecular weight excluding hydrogens is 428 g/mol. The van der Waals surface area contributed by atoms with E-state index >= 15 is 0 Å². The van der Waals surface area contributed by atoms with E-state index in [0.29, 0.717) is 29.4 Å². The van der Waals surface area contributed by atoms with Crippen molar-refractivity contribution in [2.75, 3.05) is 0 Å². The minimum absolute atomic E-state index is 0.308. The number of hydrogen-bond donors (Lipinski definition) is 1. The maximum atomic E-state index is 6.03. The lowest BCUT2D eigenvalue weighted by atomic mass is 9.99. The summed E-state index contributed by atoms with van der Waals surface area (Å²) in [5.74, 6) is 1.36. The third kappa shape index (κ3) is 3.77. The lowest BCUT2D eigenvalue weighted by molar-refractivity contribution is 0.301. The third-order valence-electron chi connectivity index (χ3n) is 5.50. The number of oxazole rings is 1. The molecule has 0 saturated carbocycles. The van der Waals surface area contributed by atoms with Crippen molar-refractivity contribution in [1.82, 2.24) is 30.6 Å². The number of pyridine rings is 1. The zero-order valence-corrected chi connectivity index (χ0v) is 18.0. The first-order chi connectivity index (χ1) is 16.7. The molecule has 3 aromatic heterocycles. The number of para-hydroxylation sites is 1. The highest BCUT2D eigenvalue weighted by molar-refractivity contribution is 5.85. The van der Waals surface area contributed by atoms with Crippen molar-refractivity contribution < 1.29 is 9.15 Å². The highest BCUT2D eigenvalue weighted by Crippen LogP contribution is 2.29. The van der Waals surface area contributed by atoms with Gasteiger partial charge in [0.05, 0.1) is 11.2 Å². The highest BCUT2D eigenvalue weighted by Gasteiger charge is 2.14. The summed E-state index contributed by atoms with van der Waals surface area (Å²) in [4.78, 5) is 9.08. The number of rotatable bonds is 6. The van der Waals surface area contributed by atoms with Crippen LogP contribution in [0.3, 0.4) is 0 Å². The molecule has 0 amide bonds. The second kappa shape index (κ2) is 8.25. The standard InChI is InChI=1S/C26H18N6O2/c1-16(19-10-12-23-24(14-19)34-26(28-23)25-29-31-32-30-25)18-6-4-7-21(13-18)33-15-20-11-9-17-5-2-3-8-22(17)27-20/h2-14H,1,15H2,(H,29,30,31,32). The van der Waals surface area contributed by atoms with Crippen molar-refractivity contribution in [3.63, 3.8) is 0 Å². The fourth-order valence-electron chi connectivity index (χ4n) is 3.75. The summed E-state index contributed by atoms with van der Waals surface area (Å²) in [6.45, 7) is 4.66. The molecule has 3 heterocycles. The Balaban J connectivity index is 1.21. The average Bonchev–Trinajstić information content (AvgIpc) is 3.57. The van der Waals surface area contributed by atoms with Gasteiger partial charge in [0.15, 0.2) is 5.58 Å². The van der Waals surface area contributed by atoms with Gasteiger partial charge in [0.25, 0.3) is 11.7 Å². The summed E-state index contributed by atoms with van der Waals surface area (Å²) < 4.78 is 11.8. The number of aromatic amines is 1. The molecule has 164 valence electrons. The summed E-state index contributed by atoms with van der Waals surface area (Å²) in [6, 6.07) is 25.7. The number of benzene rings is 3. The van der Waals surface area contributed by atoms with Gasteiger partial charge in [-0.25, -0.2) is 9.97 Å². The fourth-order valence-corrected chi connectivity index (χ4v) is 3.75. The second-order valence-electron chi connectivity index (χ2n) is 7.73. The molecule has 3 aromatic carbocycles. The SMILES string of the molecule is C=C(c1cccc(OCc2ccc3ccccc3n2)c1)c1ccc2nc(-c3nn[nH]n3)oc2c1. The molecule has 8 heteroatoms. The quantitative estimate of drug-likeness (QED) is 0.375. The number of nitrogens with zero attached hydrogens (tertiary/aromatic N) is 5. The van der Waals surface area contributed by atoms with Crippen LogP contribution in [0.4, 0.5) is 0 Å². The molecule has 34 heavy (non-hydrogen) atoms. The van der Waals surface area contributed by atoms with Crippen LogP contribution in [0.1, 0.15) is 16.8 Å². The molecule has 0 aliphatic rings. The van der Waals surface area contributed by atoms with Crippen LogP contribution >= 0.6 is 0 Å². The van der Waals surface area contributed by atoms with Crippen molar-refractivity contribution in [3.05, 3.63) is 102 Å². The Labute approximate surface area is 193 Å². The lowest BCUT2D eigenvalue weighted by Crippen LogP contribution is -1.99. The summed E-state index contributed by atoms with van der Waals surface area (Å²) in [6.07, 6.45) is 0. The Morgan fingerprint density at radius 2 is 1.79 bits per heavy atom. The Kier molecular flexibility index (Phi) is 4.81. The number of H-pyrrole nitrogens is 1. The van der Waals surface area contributed by atoms with E-state index in [9.17, 15) is 0 Å². The molecule has 6 aromatic rings. The topological polar surface area (TPSA) is 103 Å². The molecule has 0 spiro atoms. The van der Waals surface area contributed by atoms with Gasteiger partial charge in [-0.2, -0.15) is 5.21 Å². The van der Waals surface area contributed by atoms with Crippen molar-refractivity contribution in [2.24, 2.45) is 0 Å². The number of ether oxygens (including phenoxy) is 1. The van der Waals surface area contributed by atoms with Gasteiger partial charge in [0.1, 0.15) is 17.9 Å². The first-order valence-corrected chi connectivity index (χ1v) is 10.6. The van der Waals surface area contributed by atoms with E-state index < -0.39 is 0 Å². The number of fused-ring (bicyclic) bond motifs is 2. The maximum Gasteiger partial charge on any atom is 0.269 e. The molecule has 0 unspecified atom stereocenters. The van der Waals surface area contributed by atoms with Crippen LogP contribution in [0.2, 0.25) is 0 Å². The van der Waals surface area contributed by atoms with Gasteiger partial charge in [-0.3, -0.25) is 0 Å². The maximum absolute atomic E-state index is 6.03. The monoisotopic (exact) mass is 446 g/mol. The molecule has 0 aliphatic carbocycles. The zero-order valence-electron chi connectivity index (χ0n) is 18.0. The van der Waals surface area contributed by atoms with Crippen LogP contribution in [-0.4, -0.2) is 30.6 Å². The predicted molar refractivity (Wildman–Crippen MR) is 128 cm³/mol. The first-order valence-electron chi connectivity index (χ1n) is 10.6. The van der Waals surface area contributed by atoms with E-state index in [1.807, 2.05) is 72.8 Å². The van der Waals surface area contributed by atoms with Gasteiger partial charge in [0, 0.05) is 5.39 Å².